The van der Waals surface area contributed by atoms with Crippen LogP contribution < -0.4 is 10.2 Å². The molecule has 0 aliphatic carbocycles. The van der Waals surface area contributed by atoms with Crippen molar-refractivity contribution < 1.29 is 9.53 Å². The molecule has 2 aromatic carbocycles. The van der Waals surface area contributed by atoms with E-state index in [-0.39, 0.29) is 5.91 Å². The van der Waals surface area contributed by atoms with Gasteiger partial charge in [-0.1, -0.05) is 30.3 Å². The number of para-hydroxylation sites is 2. The van der Waals surface area contributed by atoms with Crippen LogP contribution in [0.4, 0.5) is 0 Å². The molecule has 0 saturated carbocycles. The van der Waals surface area contributed by atoms with Gasteiger partial charge < -0.3 is 4.74 Å². The molecule has 148 valence electrons. The summed E-state index contributed by atoms with van der Waals surface area (Å²) in [6.45, 7) is 2.47. The Morgan fingerprint density at radius 1 is 1.07 bits per heavy atom. The van der Waals surface area contributed by atoms with Crippen LogP contribution in [0.2, 0.25) is 0 Å². The maximum Gasteiger partial charge on any atom is 0.272 e. The average Bonchev–Trinajstić information content (AvgIpc) is 2.80. The lowest BCUT2D eigenvalue weighted by molar-refractivity contribution is 0.0956. The van der Waals surface area contributed by atoms with Crippen LogP contribution in [-0.2, 0) is 0 Å². The minimum atomic E-state index is -0.311. The number of carbonyl (C=O) groups is 1. The predicted molar refractivity (Wildman–Crippen MR) is 118 cm³/mol. The molecule has 0 atom stereocenters. The van der Waals surface area contributed by atoms with E-state index in [1.165, 1.54) is 0 Å². The number of benzene rings is 2. The van der Waals surface area contributed by atoms with Gasteiger partial charge >= 0.3 is 0 Å². The van der Waals surface area contributed by atoms with Crippen LogP contribution in [0.25, 0.3) is 22.2 Å². The number of rotatable bonds is 6. The molecule has 0 aliphatic heterocycles. The average molecular weight is 396 g/mol. The topological polar surface area (TPSA) is 76.5 Å². The fourth-order valence-electron chi connectivity index (χ4n) is 3.13. The van der Waals surface area contributed by atoms with Gasteiger partial charge in [0.2, 0.25) is 0 Å². The van der Waals surface area contributed by atoms with Gasteiger partial charge in [-0.25, -0.2) is 10.4 Å². The molecule has 1 amide bonds. The predicted octanol–water partition coefficient (Wildman–Crippen LogP) is 4.46. The van der Waals surface area contributed by atoms with Gasteiger partial charge in [-0.05, 0) is 43.3 Å². The molecule has 0 spiro atoms. The Morgan fingerprint density at radius 2 is 1.83 bits per heavy atom. The highest BCUT2D eigenvalue weighted by molar-refractivity contribution is 6.07. The van der Waals surface area contributed by atoms with E-state index in [4.69, 9.17) is 4.74 Å². The molecule has 2 aromatic heterocycles. The second kappa shape index (κ2) is 8.96. The number of carbonyl (C=O) groups excluding carboxylic acids is 1. The number of hydrogen-bond donors (Lipinski definition) is 1. The van der Waals surface area contributed by atoms with E-state index in [1.807, 2.05) is 67.6 Å². The first-order valence-corrected chi connectivity index (χ1v) is 9.61. The number of nitrogens with one attached hydrogen (secondary N) is 1. The molecule has 0 aliphatic rings. The number of nitrogens with zero attached hydrogens (tertiary/aromatic N) is 3. The number of ether oxygens (including phenoxy) is 1. The monoisotopic (exact) mass is 396 g/mol. The van der Waals surface area contributed by atoms with Gasteiger partial charge in [0.15, 0.2) is 0 Å². The highest BCUT2D eigenvalue weighted by atomic mass is 16.5. The van der Waals surface area contributed by atoms with Gasteiger partial charge in [-0.15, -0.1) is 0 Å². The largest absolute Gasteiger partial charge is 0.493 e. The number of hydrazone groups is 1. The summed E-state index contributed by atoms with van der Waals surface area (Å²) < 4.78 is 5.58. The first-order valence-electron chi connectivity index (χ1n) is 9.61. The zero-order chi connectivity index (χ0) is 20.8. The number of amides is 1. The normalized spacial score (nSPS) is 11.0. The molecule has 0 unspecified atom stereocenters. The van der Waals surface area contributed by atoms with Crippen molar-refractivity contribution in [1.29, 1.82) is 0 Å². The van der Waals surface area contributed by atoms with E-state index >= 15 is 0 Å². The standard InChI is InChI=1S/C24H20N4O2/c1-2-30-23-10-6-3-7-18(23)16-26-28-24(29)20-15-22(17-11-13-25-14-12-17)27-21-9-5-4-8-19(20)21/h3-16H,2H2,1H3,(H,28,29)/b26-16-. The summed E-state index contributed by atoms with van der Waals surface area (Å²) in [4.78, 5) is 21.7. The Morgan fingerprint density at radius 3 is 2.67 bits per heavy atom. The molecule has 30 heavy (non-hydrogen) atoms. The SMILES string of the molecule is CCOc1ccccc1/C=N\NC(=O)c1cc(-c2ccncc2)nc2ccccc12. The van der Waals surface area contributed by atoms with Crippen molar-refractivity contribution in [3.8, 4) is 17.0 Å². The molecule has 0 saturated heterocycles. The third kappa shape index (κ3) is 4.17. The lowest BCUT2D eigenvalue weighted by Crippen LogP contribution is -2.18. The number of pyridine rings is 2. The summed E-state index contributed by atoms with van der Waals surface area (Å²) in [7, 11) is 0. The van der Waals surface area contributed by atoms with Gasteiger partial charge in [0, 0.05) is 28.9 Å². The molecule has 6 heteroatoms. The second-order valence-electron chi connectivity index (χ2n) is 6.48. The molecule has 0 fully saturated rings. The quantitative estimate of drug-likeness (QED) is 0.386. The smallest absolute Gasteiger partial charge is 0.272 e. The molecule has 2 heterocycles. The molecule has 0 bridgehead atoms. The maximum absolute atomic E-state index is 12.9. The van der Waals surface area contributed by atoms with Crippen molar-refractivity contribution in [2.45, 2.75) is 6.92 Å². The first-order chi connectivity index (χ1) is 14.8. The van der Waals surface area contributed by atoms with Gasteiger partial charge in [0.05, 0.1) is 29.6 Å². The molecule has 4 aromatic rings. The molecule has 6 nitrogen and oxygen atoms in total. The lowest BCUT2D eigenvalue weighted by atomic mass is 10.0. The van der Waals surface area contributed by atoms with Crippen LogP contribution in [0.1, 0.15) is 22.8 Å². The van der Waals surface area contributed by atoms with Gasteiger partial charge in [-0.2, -0.15) is 5.10 Å². The highest BCUT2D eigenvalue weighted by Crippen LogP contribution is 2.24. The van der Waals surface area contributed by atoms with Crippen molar-refractivity contribution in [3.63, 3.8) is 0 Å². The Balaban J connectivity index is 1.65. The third-order valence-electron chi connectivity index (χ3n) is 4.53. The van der Waals surface area contributed by atoms with Crippen molar-refractivity contribution in [3.05, 3.63) is 90.3 Å². The Bertz CT molecular complexity index is 1210. The van der Waals surface area contributed by atoms with Gasteiger partial charge in [-0.3, -0.25) is 9.78 Å². The summed E-state index contributed by atoms with van der Waals surface area (Å²) in [5, 5.41) is 4.90. The minimum Gasteiger partial charge on any atom is -0.493 e. The van der Waals surface area contributed by atoms with Crippen molar-refractivity contribution in [1.82, 2.24) is 15.4 Å². The Labute approximate surface area is 174 Å². The molecular formula is C24H20N4O2. The first kappa shape index (κ1) is 19.3. The van der Waals surface area contributed by atoms with Crippen LogP contribution in [-0.4, -0.2) is 28.7 Å². The van der Waals surface area contributed by atoms with Crippen LogP contribution in [0.15, 0.2) is 84.2 Å². The number of hydrogen-bond acceptors (Lipinski definition) is 5. The summed E-state index contributed by atoms with van der Waals surface area (Å²) in [5.74, 6) is 0.404. The van der Waals surface area contributed by atoms with Gasteiger partial charge in [0.1, 0.15) is 5.75 Å². The molecule has 1 N–H and O–H groups in total. The second-order valence-corrected chi connectivity index (χ2v) is 6.48. The summed E-state index contributed by atoms with van der Waals surface area (Å²) in [5.41, 5.74) is 6.24. The van der Waals surface area contributed by atoms with Crippen molar-refractivity contribution in [2.24, 2.45) is 5.10 Å². The van der Waals surface area contributed by atoms with Crippen LogP contribution in [0, 0.1) is 0 Å². The van der Waals surface area contributed by atoms with E-state index in [0.717, 1.165) is 22.0 Å². The lowest BCUT2D eigenvalue weighted by Gasteiger charge is -2.09. The zero-order valence-corrected chi connectivity index (χ0v) is 16.4. The summed E-state index contributed by atoms with van der Waals surface area (Å²) in [6.07, 6.45) is 4.98. The van der Waals surface area contributed by atoms with Crippen molar-refractivity contribution >= 4 is 23.0 Å². The van der Waals surface area contributed by atoms with E-state index < -0.39 is 0 Å². The fraction of sp³-hybridized carbons (Fsp3) is 0.0833. The van der Waals surface area contributed by atoms with E-state index in [0.29, 0.717) is 23.6 Å². The van der Waals surface area contributed by atoms with E-state index in [1.54, 1.807) is 24.7 Å². The summed E-state index contributed by atoms with van der Waals surface area (Å²) >= 11 is 0. The van der Waals surface area contributed by atoms with Gasteiger partial charge in [0.25, 0.3) is 5.91 Å². The van der Waals surface area contributed by atoms with E-state index in [9.17, 15) is 4.79 Å². The molecule has 0 radical (unpaired) electrons. The Hall–Kier alpha value is -4.06. The zero-order valence-electron chi connectivity index (χ0n) is 16.4. The molecular weight excluding hydrogens is 376 g/mol. The minimum absolute atomic E-state index is 0.311. The van der Waals surface area contributed by atoms with E-state index in [2.05, 4.69) is 20.5 Å². The third-order valence-corrected chi connectivity index (χ3v) is 4.53. The highest BCUT2D eigenvalue weighted by Gasteiger charge is 2.13. The van der Waals surface area contributed by atoms with Crippen LogP contribution in [0.5, 0.6) is 5.75 Å². The number of fused-ring (bicyclic) bond motifs is 1. The van der Waals surface area contributed by atoms with Crippen molar-refractivity contribution in [2.75, 3.05) is 6.61 Å². The summed E-state index contributed by atoms with van der Waals surface area (Å²) in [6, 6.07) is 20.6. The van der Waals surface area contributed by atoms with Crippen LogP contribution >= 0.6 is 0 Å². The Kier molecular flexibility index (Phi) is 5.75. The molecule has 4 rings (SSSR count). The fourth-order valence-corrected chi connectivity index (χ4v) is 3.13. The number of aromatic nitrogens is 2. The van der Waals surface area contributed by atoms with Crippen LogP contribution in [0.3, 0.4) is 0 Å². The maximum atomic E-state index is 12.9.